The molecule has 4 rings (SSSR count). The molecule has 1 saturated heterocycles. The summed E-state index contributed by atoms with van der Waals surface area (Å²) in [5.74, 6) is -0.719. The third kappa shape index (κ3) is 3.27. The molecule has 1 atom stereocenters. The van der Waals surface area contributed by atoms with Crippen LogP contribution >= 0.6 is 0 Å². The fraction of sp³-hybridized carbons (Fsp3) is 0.316. The normalized spacial score (nSPS) is 21.2. The van der Waals surface area contributed by atoms with Crippen molar-refractivity contribution in [3.8, 4) is 0 Å². The lowest BCUT2D eigenvalue weighted by Crippen LogP contribution is -2.29. The second-order valence-electron chi connectivity index (χ2n) is 6.93. The number of sulfone groups is 2. The first-order chi connectivity index (χ1) is 12.8. The molecule has 1 fully saturated rings. The molecule has 2 aliphatic heterocycles. The molecule has 1 amide bonds. The Morgan fingerprint density at radius 3 is 2.59 bits per heavy atom. The first-order valence-electron chi connectivity index (χ1n) is 8.72. The zero-order valence-corrected chi connectivity index (χ0v) is 16.2. The average Bonchev–Trinajstić information content (AvgIpc) is 3.24. The Morgan fingerprint density at radius 2 is 1.85 bits per heavy atom. The quantitative estimate of drug-likeness (QED) is 0.778. The van der Waals surface area contributed by atoms with E-state index in [0.717, 1.165) is 17.7 Å². The van der Waals surface area contributed by atoms with E-state index in [1.54, 1.807) is 11.0 Å². The minimum Gasteiger partial charge on any atom is -0.308 e. The maximum Gasteiger partial charge on any atom is 0.258 e. The SMILES string of the molecule is O=C(c1cccc(S(=O)(=O)C2CCS(=O)(=O)C2)c1)N1CCc2ccccc21. The maximum atomic E-state index is 12.9. The Hall–Kier alpha value is -2.19. The number of para-hydroxylation sites is 1. The van der Waals surface area contributed by atoms with E-state index in [-0.39, 0.29) is 34.3 Å². The van der Waals surface area contributed by atoms with Gasteiger partial charge in [-0.15, -0.1) is 0 Å². The third-order valence-electron chi connectivity index (χ3n) is 5.17. The van der Waals surface area contributed by atoms with Gasteiger partial charge in [0.2, 0.25) is 0 Å². The van der Waals surface area contributed by atoms with Crippen molar-refractivity contribution >= 4 is 31.3 Å². The monoisotopic (exact) mass is 405 g/mol. The number of rotatable bonds is 3. The number of hydrogen-bond donors (Lipinski definition) is 0. The van der Waals surface area contributed by atoms with E-state index in [4.69, 9.17) is 0 Å². The van der Waals surface area contributed by atoms with Gasteiger partial charge in [0.05, 0.1) is 21.7 Å². The second kappa shape index (κ2) is 6.45. The van der Waals surface area contributed by atoms with Crippen molar-refractivity contribution in [2.24, 2.45) is 0 Å². The number of hydrogen-bond acceptors (Lipinski definition) is 5. The largest absolute Gasteiger partial charge is 0.308 e. The van der Waals surface area contributed by atoms with E-state index in [1.807, 2.05) is 24.3 Å². The molecule has 6 nitrogen and oxygen atoms in total. The van der Waals surface area contributed by atoms with Crippen molar-refractivity contribution in [2.75, 3.05) is 23.0 Å². The molecule has 2 aromatic rings. The molecule has 142 valence electrons. The smallest absolute Gasteiger partial charge is 0.258 e. The van der Waals surface area contributed by atoms with Gasteiger partial charge in [0.25, 0.3) is 5.91 Å². The summed E-state index contributed by atoms with van der Waals surface area (Å²) in [4.78, 5) is 14.6. The number of carbonyl (C=O) groups excluding carboxylic acids is 1. The Labute approximate surface area is 158 Å². The molecule has 2 aromatic carbocycles. The standard InChI is InChI=1S/C19H19NO5S2/c21-19(20-10-8-14-4-1-2-7-18(14)20)15-5-3-6-16(12-15)27(24,25)17-9-11-26(22,23)13-17/h1-7,12,17H,8-11,13H2. The van der Waals surface area contributed by atoms with Crippen LogP contribution in [0.25, 0.3) is 0 Å². The van der Waals surface area contributed by atoms with Crippen LogP contribution in [0.1, 0.15) is 22.3 Å². The van der Waals surface area contributed by atoms with Crippen molar-refractivity contribution < 1.29 is 21.6 Å². The van der Waals surface area contributed by atoms with E-state index >= 15 is 0 Å². The molecule has 2 aliphatic rings. The van der Waals surface area contributed by atoms with Gasteiger partial charge in [-0.05, 0) is 42.7 Å². The minimum absolute atomic E-state index is 0.00271. The molecule has 0 saturated carbocycles. The highest BCUT2D eigenvalue weighted by Crippen LogP contribution is 2.30. The van der Waals surface area contributed by atoms with Crippen molar-refractivity contribution in [3.05, 3.63) is 59.7 Å². The number of anilines is 1. The Kier molecular flexibility index (Phi) is 4.35. The number of benzene rings is 2. The fourth-order valence-electron chi connectivity index (χ4n) is 3.71. The molecule has 2 heterocycles. The highest BCUT2D eigenvalue weighted by molar-refractivity contribution is 7.96. The first kappa shape index (κ1) is 18.2. The van der Waals surface area contributed by atoms with Crippen molar-refractivity contribution in [1.29, 1.82) is 0 Å². The van der Waals surface area contributed by atoms with E-state index < -0.39 is 24.9 Å². The fourth-order valence-corrected chi connectivity index (χ4v) is 8.11. The lowest BCUT2D eigenvalue weighted by Gasteiger charge is -2.18. The molecule has 0 radical (unpaired) electrons. The van der Waals surface area contributed by atoms with Crippen LogP contribution in [-0.4, -0.2) is 46.0 Å². The van der Waals surface area contributed by atoms with Crippen molar-refractivity contribution in [2.45, 2.75) is 23.0 Å². The highest BCUT2D eigenvalue weighted by atomic mass is 32.2. The number of fused-ring (bicyclic) bond motifs is 1. The molecule has 0 aliphatic carbocycles. The first-order valence-corrected chi connectivity index (χ1v) is 12.1. The molecular weight excluding hydrogens is 386 g/mol. The summed E-state index contributed by atoms with van der Waals surface area (Å²) in [6.45, 7) is 0.552. The minimum atomic E-state index is -3.80. The Balaban J connectivity index is 1.65. The Morgan fingerprint density at radius 1 is 1.07 bits per heavy atom. The molecule has 0 bridgehead atoms. The van der Waals surface area contributed by atoms with Gasteiger partial charge in [0.15, 0.2) is 19.7 Å². The predicted octanol–water partition coefficient (Wildman–Crippen LogP) is 1.85. The summed E-state index contributed by atoms with van der Waals surface area (Å²) in [7, 11) is -7.11. The van der Waals surface area contributed by atoms with Crippen LogP contribution in [0.4, 0.5) is 5.69 Å². The third-order valence-corrected chi connectivity index (χ3v) is 9.34. The van der Waals surface area contributed by atoms with Gasteiger partial charge in [-0.1, -0.05) is 24.3 Å². The molecule has 1 unspecified atom stereocenters. The van der Waals surface area contributed by atoms with E-state index in [0.29, 0.717) is 6.54 Å². The summed E-state index contributed by atoms with van der Waals surface area (Å²) in [6.07, 6.45) is 0.863. The number of amides is 1. The summed E-state index contributed by atoms with van der Waals surface area (Å²) < 4.78 is 49.0. The highest BCUT2D eigenvalue weighted by Gasteiger charge is 2.38. The van der Waals surface area contributed by atoms with Crippen LogP contribution < -0.4 is 4.90 Å². The number of nitrogens with zero attached hydrogens (tertiary/aromatic N) is 1. The van der Waals surface area contributed by atoms with Gasteiger partial charge >= 0.3 is 0 Å². The van der Waals surface area contributed by atoms with Crippen molar-refractivity contribution in [3.63, 3.8) is 0 Å². The molecule has 8 heteroatoms. The van der Waals surface area contributed by atoms with Gasteiger partial charge in [-0.3, -0.25) is 4.79 Å². The van der Waals surface area contributed by atoms with E-state index in [9.17, 15) is 21.6 Å². The average molecular weight is 405 g/mol. The van der Waals surface area contributed by atoms with Crippen LogP contribution in [0.2, 0.25) is 0 Å². The summed E-state index contributed by atoms with van der Waals surface area (Å²) in [5.41, 5.74) is 2.22. The van der Waals surface area contributed by atoms with Crippen LogP contribution in [0, 0.1) is 0 Å². The number of carbonyl (C=O) groups is 1. The lowest BCUT2D eigenvalue weighted by atomic mass is 10.1. The van der Waals surface area contributed by atoms with Crippen LogP contribution in [0.15, 0.2) is 53.4 Å². The summed E-state index contributed by atoms with van der Waals surface area (Å²) in [6, 6.07) is 13.6. The Bertz CT molecular complexity index is 1120. The lowest BCUT2D eigenvalue weighted by molar-refractivity contribution is 0.0989. The van der Waals surface area contributed by atoms with Gasteiger partial charge in [-0.2, -0.15) is 0 Å². The van der Waals surface area contributed by atoms with E-state index in [2.05, 4.69) is 0 Å². The summed E-state index contributed by atoms with van der Waals surface area (Å²) >= 11 is 0. The zero-order valence-electron chi connectivity index (χ0n) is 14.5. The molecule has 0 spiro atoms. The van der Waals surface area contributed by atoms with Gasteiger partial charge in [0, 0.05) is 17.8 Å². The maximum absolute atomic E-state index is 12.9. The topological polar surface area (TPSA) is 88.6 Å². The van der Waals surface area contributed by atoms with Crippen LogP contribution in [0.5, 0.6) is 0 Å². The molecular formula is C19H19NO5S2. The van der Waals surface area contributed by atoms with Gasteiger partial charge < -0.3 is 4.90 Å². The van der Waals surface area contributed by atoms with Gasteiger partial charge in [-0.25, -0.2) is 16.8 Å². The van der Waals surface area contributed by atoms with Gasteiger partial charge in [0.1, 0.15) is 0 Å². The summed E-state index contributed by atoms with van der Waals surface area (Å²) in [5, 5.41) is -0.944. The van der Waals surface area contributed by atoms with Crippen LogP contribution in [0.3, 0.4) is 0 Å². The van der Waals surface area contributed by atoms with E-state index in [1.165, 1.54) is 18.2 Å². The van der Waals surface area contributed by atoms with Crippen molar-refractivity contribution in [1.82, 2.24) is 0 Å². The zero-order chi connectivity index (χ0) is 19.2. The predicted molar refractivity (Wildman–Crippen MR) is 103 cm³/mol. The van der Waals surface area contributed by atoms with Crippen LogP contribution in [-0.2, 0) is 26.1 Å². The molecule has 0 aromatic heterocycles. The molecule has 27 heavy (non-hydrogen) atoms. The second-order valence-corrected chi connectivity index (χ2v) is 11.4. The molecule has 0 N–H and O–H groups in total.